The molecule has 1 aromatic carbocycles. The number of nitrogens with two attached hydrogens (primary N) is 1. The summed E-state index contributed by atoms with van der Waals surface area (Å²) in [6, 6.07) is 8.29. The Morgan fingerprint density at radius 3 is 2.64 bits per heavy atom. The molecule has 3 aromatic rings. The topological polar surface area (TPSA) is 102 Å². The van der Waals surface area contributed by atoms with Crippen LogP contribution in [0.4, 0.5) is 5.82 Å². The maximum Gasteiger partial charge on any atom is 0.225 e. The van der Waals surface area contributed by atoms with Gasteiger partial charge in [0.1, 0.15) is 17.9 Å². The Bertz CT molecular complexity index is 1180. The molecule has 0 radical (unpaired) electrons. The lowest BCUT2D eigenvalue weighted by Gasteiger charge is -2.38. The zero-order valence-corrected chi connectivity index (χ0v) is 21.3. The van der Waals surface area contributed by atoms with Crippen molar-refractivity contribution in [3.05, 3.63) is 42.4 Å². The fraction of sp³-hybridized carbons (Fsp3) is 0.556. The number of piperazine rings is 1. The van der Waals surface area contributed by atoms with Crippen molar-refractivity contribution in [2.24, 2.45) is 17.6 Å². The van der Waals surface area contributed by atoms with Crippen LogP contribution < -0.4 is 15.4 Å². The third-order valence-electron chi connectivity index (χ3n) is 7.71. The molecule has 192 valence electrons. The molecule has 5 rings (SSSR count). The van der Waals surface area contributed by atoms with Gasteiger partial charge in [0.25, 0.3) is 0 Å². The first-order chi connectivity index (χ1) is 17.5. The maximum atomic E-state index is 13.2. The number of benzene rings is 1. The van der Waals surface area contributed by atoms with Crippen LogP contribution >= 0.6 is 0 Å². The van der Waals surface area contributed by atoms with Crippen LogP contribution in [0.3, 0.4) is 0 Å². The molecule has 2 fully saturated rings. The fourth-order valence-corrected chi connectivity index (χ4v) is 5.61. The van der Waals surface area contributed by atoms with Gasteiger partial charge in [-0.25, -0.2) is 14.6 Å². The Hall–Kier alpha value is -3.20. The second-order valence-corrected chi connectivity index (χ2v) is 10.1. The van der Waals surface area contributed by atoms with Crippen molar-refractivity contribution in [1.82, 2.24) is 24.6 Å². The Morgan fingerprint density at radius 2 is 1.92 bits per heavy atom. The normalized spacial score (nSPS) is 21.5. The number of aromatic nitrogens is 4. The summed E-state index contributed by atoms with van der Waals surface area (Å²) < 4.78 is 7.54. The lowest BCUT2D eigenvalue weighted by atomic mass is 9.78. The summed E-state index contributed by atoms with van der Waals surface area (Å²) in [7, 11) is 0. The highest BCUT2D eigenvalue weighted by atomic mass is 16.5. The molecule has 1 unspecified atom stereocenters. The minimum absolute atomic E-state index is 0.150. The van der Waals surface area contributed by atoms with E-state index in [9.17, 15) is 4.79 Å². The summed E-state index contributed by atoms with van der Waals surface area (Å²) in [4.78, 5) is 26.6. The number of amides is 1. The number of nitrogens with zero attached hydrogens (tertiary/aromatic N) is 6. The van der Waals surface area contributed by atoms with Crippen LogP contribution in [0, 0.1) is 11.8 Å². The van der Waals surface area contributed by atoms with E-state index in [1.165, 1.54) is 0 Å². The Balaban J connectivity index is 1.23. The molecular weight excluding hydrogens is 454 g/mol. The second-order valence-electron chi connectivity index (χ2n) is 10.1. The smallest absolute Gasteiger partial charge is 0.225 e. The van der Waals surface area contributed by atoms with E-state index >= 15 is 0 Å². The monoisotopic (exact) mass is 491 g/mol. The van der Waals surface area contributed by atoms with Gasteiger partial charge in [-0.05, 0) is 63.1 Å². The lowest BCUT2D eigenvalue weighted by molar-refractivity contribution is -0.137. The van der Waals surface area contributed by atoms with Crippen molar-refractivity contribution in [2.75, 3.05) is 37.7 Å². The van der Waals surface area contributed by atoms with Crippen LogP contribution in [-0.2, 0) is 11.3 Å². The third-order valence-corrected chi connectivity index (χ3v) is 7.71. The van der Waals surface area contributed by atoms with Crippen LogP contribution in [0.1, 0.15) is 45.1 Å². The van der Waals surface area contributed by atoms with Crippen LogP contribution in [0.15, 0.2) is 36.8 Å². The number of carbonyl (C=O) groups is 1. The maximum absolute atomic E-state index is 13.2. The van der Waals surface area contributed by atoms with Gasteiger partial charge in [0.05, 0.1) is 24.7 Å². The van der Waals surface area contributed by atoms with Crippen molar-refractivity contribution >= 4 is 22.8 Å². The molecule has 1 saturated carbocycles. The number of hydrogen-bond acceptors (Lipinski definition) is 7. The predicted octanol–water partition coefficient (Wildman–Crippen LogP) is 3.08. The standard InChI is InChI=1S/C27H37N7O2/c1-3-36-23-6-4-5-20(15-23)17-34-26-24(16-31-34)25(29-18-30-26)32-11-13-33(14-12-32)27(35)22-9-7-21(8-10-22)19(2)28/h4-6,15-16,18-19,21-22H,3,7-14,17,28H2,1-2H3. The van der Waals surface area contributed by atoms with Gasteiger partial charge in [0, 0.05) is 38.1 Å². The van der Waals surface area contributed by atoms with Crippen LogP contribution in [0.25, 0.3) is 11.0 Å². The molecular formula is C27H37N7O2. The SMILES string of the molecule is CCOc1cccc(Cn2ncc3c(N4CCN(C(=O)C5CCC(C(C)N)CC5)CC4)ncnc32)c1. The van der Waals surface area contributed by atoms with Crippen molar-refractivity contribution in [3.8, 4) is 5.75 Å². The van der Waals surface area contributed by atoms with Gasteiger partial charge < -0.3 is 20.3 Å². The average Bonchev–Trinajstić information content (AvgIpc) is 3.31. The molecule has 0 bridgehead atoms. The highest BCUT2D eigenvalue weighted by Crippen LogP contribution is 2.32. The van der Waals surface area contributed by atoms with Crippen LogP contribution in [0.2, 0.25) is 0 Å². The molecule has 9 nitrogen and oxygen atoms in total. The van der Waals surface area contributed by atoms with Gasteiger partial charge in [-0.1, -0.05) is 12.1 Å². The second kappa shape index (κ2) is 10.8. The molecule has 1 atom stereocenters. The first kappa shape index (κ1) is 24.5. The predicted molar refractivity (Wildman–Crippen MR) is 140 cm³/mol. The number of hydrogen-bond donors (Lipinski definition) is 1. The van der Waals surface area contributed by atoms with Gasteiger partial charge in [-0.3, -0.25) is 4.79 Å². The molecule has 1 saturated heterocycles. The van der Waals surface area contributed by atoms with E-state index in [0.29, 0.717) is 25.0 Å². The first-order valence-corrected chi connectivity index (χ1v) is 13.2. The van der Waals surface area contributed by atoms with E-state index in [0.717, 1.165) is 80.0 Å². The van der Waals surface area contributed by atoms with Gasteiger partial charge in [0.15, 0.2) is 5.65 Å². The van der Waals surface area contributed by atoms with Crippen molar-refractivity contribution in [2.45, 2.75) is 52.1 Å². The number of ether oxygens (including phenoxy) is 1. The Morgan fingerprint density at radius 1 is 1.14 bits per heavy atom. The lowest BCUT2D eigenvalue weighted by Crippen LogP contribution is -2.51. The summed E-state index contributed by atoms with van der Waals surface area (Å²) in [6.07, 6.45) is 7.51. The average molecular weight is 492 g/mol. The van der Waals surface area contributed by atoms with Crippen LogP contribution in [-0.4, -0.2) is 69.4 Å². The highest BCUT2D eigenvalue weighted by Gasteiger charge is 2.32. The zero-order valence-electron chi connectivity index (χ0n) is 21.3. The molecule has 2 aliphatic rings. The fourth-order valence-electron chi connectivity index (χ4n) is 5.61. The summed E-state index contributed by atoms with van der Waals surface area (Å²) in [6.45, 7) is 8.26. The molecule has 9 heteroatoms. The Kier molecular flexibility index (Phi) is 7.36. The summed E-state index contributed by atoms with van der Waals surface area (Å²) in [5.41, 5.74) is 7.99. The van der Waals surface area contributed by atoms with Gasteiger partial charge in [0.2, 0.25) is 5.91 Å². The minimum atomic E-state index is 0.150. The van der Waals surface area contributed by atoms with E-state index in [4.69, 9.17) is 10.5 Å². The number of fused-ring (bicyclic) bond motifs is 1. The van der Waals surface area contributed by atoms with Gasteiger partial charge >= 0.3 is 0 Å². The largest absolute Gasteiger partial charge is 0.494 e. The summed E-state index contributed by atoms with van der Waals surface area (Å²) in [5, 5.41) is 5.56. The van der Waals surface area contributed by atoms with E-state index in [-0.39, 0.29) is 12.0 Å². The number of rotatable bonds is 7. The van der Waals surface area contributed by atoms with Gasteiger partial charge in [-0.2, -0.15) is 5.10 Å². The first-order valence-electron chi connectivity index (χ1n) is 13.2. The van der Waals surface area contributed by atoms with E-state index in [1.807, 2.05) is 40.9 Å². The van der Waals surface area contributed by atoms with E-state index < -0.39 is 0 Å². The van der Waals surface area contributed by atoms with Crippen LogP contribution in [0.5, 0.6) is 5.75 Å². The third kappa shape index (κ3) is 5.16. The Labute approximate surface area is 212 Å². The van der Waals surface area contributed by atoms with Crippen molar-refractivity contribution in [3.63, 3.8) is 0 Å². The molecule has 1 aliphatic carbocycles. The zero-order chi connectivity index (χ0) is 25.1. The molecule has 0 spiro atoms. The minimum Gasteiger partial charge on any atom is -0.494 e. The molecule has 1 amide bonds. The van der Waals surface area contributed by atoms with Crippen molar-refractivity contribution < 1.29 is 9.53 Å². The van der Waals surface area contributed by atoms with E-state index in [2.05, 4.69) is 33.0 Å². The number of anilines is 1. The summed E-state index contributed by atoms with van der Waals surface area (Å²) >= 11 is 0. The van der Waals surface area contributed by atoms with Gasteiger partial charge in [-0.15, -0.1) is 0 Å². The highest BCUT2D eigenvalue weighted by molar-refractivity contribution is 5.87. The molecule has 2 aromatic heterocycles. The van der Waals surface area contributed by atoms with Crippen molar-refractivity contribution in [1.29, 1.82) is 0 Å². The number of carbonyl (C=O) groups excluding carboxylic acids is 1. The molecule has 2 N–H and O–H groups in total. The molecule has 1 aliphatic heterocycles. The molecule has 3 heterocycles. The molecule has 36 heavy (non-hydrogen) atoms. The quantitative estimate of drug-likeness (QED) is 0.542. The summed E-state index contributed by atoms with van der Waals surface area (Å²) in [5.74, 6) is 2.76. The van der Waals surface area contributed by atoms with E-state index in [1.54, 1.807) is 6.33 Å².